The minimum absolute atomic E-state index is 0.00888. The number of amides is 1. The first kappa shape index (κ1) is 14.7. The standard InChI is InChI=1S/C14H23N5O/c1-5-15-12-7-6-11(16-17-12)13(20)19-9-8-18(4)14(2,3)10-19/h6-7H,5,8-10H2,1-4H3,(H,15,17). The molecule has 0 radical (unpaired) electrons. The van der Waals surface area contributed by atoms with Crippen LogP contribution < -0.4 is 5.32 Å². The molecular weight excluding hydrogens is 254 g/mol. The van der Waals surface area contributed by atoms with Crippen LogP contribution in [0.2, 0.25) is 0 Å². The number of nitrogens with zero attached hydrogens (tertiary/aromatic N) is 4. The molecular formula is C14H23N5O. The van der Waals surface area contributed by atoms with E-state index in [9.17, 15) is 4.79 Å². The largest absolute Gasteiger partial charge is 0.369 e. The van der Waals surface area contributed by atoms with Crippen molar-refractivity contribution in [3.8, 4) is 0 Å². The highest BCUT2D eigenvalue weighted by atomic mass is 16.2. The number of carbonyl (C=O) groups is 1. The van der Waals surface area contributed by atoms with Crippen LogP contribution in [0.3, 0.4) is 0 Å². The van der Waals surface area contributed by atoms with Crippen molar-refractivity contribution in [1.29, 1.82) is 0 Å². The van der Waals surface area contributed by atoms with E-state index in [-0.39, 0.29) is 11.4 Å². The Labute approximate surface area is 120 Å². The van der Waals surface area contributed by atoms with Crippen LogP contribution in [0.25, 0.3) is 0 Å². The second kappa shape index (κ2) is 5.75. The molecule has 0 atom stereocenters. The summed E-state index contributed by atoms with van der Waals surface area (Å²) >= 11 is 0. The zero-order valence-electron chi connectivity index (χ0n) is 12.7. The van der Waals surface area contributed by atoms with Crippen LogP contribution >= 0.6 is 0 Å². The van der Waals surface area contributed by atoms with Gasteiger partial charge in [0.2, 0.25) is 0 Å². The first-order valence-electron chi connectivity index (χ1n) is 7.02. The lowest BCUT2D eigenvalue weighted by Gasteiger charge is -2.45. The van der Waals surface area contributed by atoms with E-state index in [1.54, 1.807) is 12.1 Å². The second-order valence-electron chi connectivity index (χ2n) is 5.79. The van der Waals surface area contributed by atoms with E-state index in [0.29, 0.717) is 18.1 Å². The van der Waals surface area contributed by atoms with Gasteiger partial charge in [-0.15, -0.1) is 10.2 Å². The van der Waals surface area contributed by atoms with Crippen LogP contribution in [-0.2, 0) is 0 Å². The van der Waals surface area contributed by atoms with Gasteiger partial charge in [0.25, 0.3) is 5.91 Å². The summed E-state index contributed by atoms with van der Waals surface area (Å²) < 4.78 is 0. The van der Waals surface area contributed by atoms with Gasteiger partial charge < -0.3 is 10.2 Å². The number of piperazine rings is 1. The molecule has 1 saturated heterocycles. The van der Waals surface area contributed by atoms with E-state index in [1.165, 1.54) is 0 Å². The summed E-state index contributed by atoms with van der Waals surface area (Å²) in [6.07, 6.45) is 0. The number of anilines is 1. The number of nitrogens with one attached hydrogen (secondary N) is 1. The van der Waals surface area contributed by atoms with Crippen LogP contribution in [0.1, 0.15) is 31.3 Å². The van der Waals surface area contributed by atoms with Gasteiger partial charge in [-0.05, 0) is 40.0 Å². The van der Waals surface area contributed by atoms with Gasteiger partial charge in [-0.1, -0.05) is 0 Å². The van der Waals surface area contributed by atoms with E-state index in [4.69, 9.17) is 0 Å². The molecule has 1 aliphatic rings. The molecule has 0 bridgehead atoms. The van der Waals surface area contributed by atoms with Crippen molar-refractivity contribution < 1.29 is 4.79 Å². The zero-order chi connectivity index (χ0) is 14.8. The Morgan fingerprint density at radius 3 is 2.65 bits per heavy atom. The molecule has 1 aromatic rings. The summed E-state index contributed by atoms with van der Waals surface area (Å²) in [6, 6.07) is 3.53. The van der Waals surface area contributed by atoms with Gasteiger partial charge in [-0.25, -0.2) is 0 Å². The number of carbonyl (C=O) groups excluding carboxylic acids is 1. The van der Waals surface area contributed by atoms with Gasteiger partial charge >= 0.3 is 0 Å². The smallest absolute Gasteiger partial charge is 0.274 e. The van der Waals surface area contributed by atoms with Gasteiger partial charge in [0.1, 0.15) is 5.82 Å². The molecule has 6 heteroatoms. The lowest BCUT2D eigenvalue weighted by Crippen LogP contribution is -2.58. The predicted molar refractivity (Wildman–Crippen MR) is 78.8 cm³/mol. The molecule has 0 aliphatic carbocycles. The van der Waals surface area contributed by atoms with Crippen molar-refractivity contribution in [1.82, 2.24) is 20.0 Å². The molecule has 0 spiro atoms. The minimum atomic E-state index is -0.0401. The van der Waals surface area contributed by atoms with Crippen molar-refractivity contribution in [3.63, 3.8) is 0 Å². The molecule has 0 unspecified atom stereocenters. The maximum absolute atomic E-state index is 12.4. The van der Waals surface area contributed by atoms with Crippen LogP contribution in [0.4, 0.5) is 5.82 Å². The predicted octanol–water partition coefficient (Wildman–Crippen LogP) is 1.07. The highest BCUT2D eigenvalue weighted by Crippen LogP contribution is 2.20. The molecule has 1 amide bonds. The Bertz CT molecular complexity index is 471. The molecule has 0 aromatic carbocycles. The SMILES string of the molecule is CCNc1ccc(C(=O)N2CCN(C)C(C)(C)C2)nn1. The number of aromatic nitrogens is 2. The normalized spacial score (nSPS) is 18.9. The Kier molecular flexibility index (Phi) is 4.23. The summed E-state index contributed by atoms with van der Waals surface area (Å²) in [4.78, 5) is 16.6. The average molecular weight is 277 g/mol. The van der Waals surface area contributed by atoms with Crippen LogP contribution in [0.15, 0.2) is 12.1 Å². The van der Waals surface area contributed by atoms with Gasteiger partial charge in [-0.3, -0.25) is 9.69 Å². The van der Waals surface area contributed by atoms with E-state index in [1.807, 2.05) is 11.8 Å². The highest BCUT2D eigenvalue weighted by molar-refractivity contribution is 5.92. The van der Waals surface area contributed by atoms with Gasteiger partial charge in [-0.2, -0.15) is 0 Å². The zero-order valence-corrected chi connectivity index (χ0v) is 12.7. The maximum Gasteiger partial charge on any atom is 0.274 e. The summed E-state index contributed by atoms with van der Waals surface area (Å²) in [5.74, 6) is 0.657. The maximum atomic E-state index is 12.4. The summed E-state index contributed by atoms with van der Waals surface area (Å²) in [5.41, 5.74) is 0.400. The van der Waals surface area contributed by atoms with Crippen molar-refractivity contribution in [3.05, 3.63) is 17.8 Å². The molecule has 20 heavy (non-hydrogen) atoms. The molecule has 1 fully saturated rings. The Morgan fingerprint density at radius 1 is 1.35 bits per heavy atom. The van der Waals surface area contributed by atoms with Gasteiger partial charge in [0.05, 0.1) is 0 Å². The summed E-state index contributed by atoms with van der Waals surface area (Å²) in [6.45, 7) is 9.39. The number of rotatable bonds is 3. The average Bonchev–Trinajstić information content (AvgIpc) is 2.42. The van der Waals surface area contributed by atoms with Crippen LogP contribution in [-0.4, -0.2) is 64.7 Å². The second-order valence-corrected chi connectivity index (χ2v) is 5.79. The third-order valence-corrected chi connectivity index (χ3v) is 3.85. The fourth-order valence-electron chi connectivity index (χ4n) is 2.30. The first-order chi connectivity index (χ1) is 9.44. The molecule has 1 aliphatic heterocycles. The van der Waals surface area contributed by atoms with E-state index in [2.05, 4.69) is 41.3 Å². The number of hydrogen-bond acceptors (Lipinski definition) is 5. The Hall–Kier alpha value is -1.69. The molecule has 110 valence electrons. The Morgan fingerprint density at radius 2 is 2.10 bits per heavy atom. The molecule has 2 heterocycles. The number of likely N-dealkylation sites (N-methyl/N-ethyl adjacent to an activating group) is 1. The molecule has 0 saturated carbocycles. The van der Waals surface area contributed by atoms with E-state index in [0.717, 1.165) is 19.6 Å². The van der Waals surface area contributed by atoms with Crippen LogP contribution in [0, 0.1) is 0 Å². The highest BCUT2D eigenvalue weighted by Gasteiger charge is 2.33. The van der Waals surface area contributed by atoms with Crippen molar-refractivity contribution >= 4 is 11.7 Å². The lowest BCUT2D eigenvalue weighted by atomic mass is 9.99. The molecule has 2 rings (SSSR count). The minimum Gasteiger partial charge on any atom is -0.369 e. The topological polar surface area (TPSA) is 61.4 Å². The Balaban J connectivity index is 2.07. The van der Waals surface area contributed by atoms with E-state index >= 15 is 0 Å². The van der Waals surface area contributed by atoms with Crippen molar-refractivity contribution in [2.24, 2.45) is 0 Å². The third kappa shape index (κ3) is 3.07. The summed E-state index contributed by atoms with van der Waals surface area (Å²) in [7, 11) is 2.09. The van der Waals surface area contributed by atoms with Crippen molar-refractivity contribution in [2.75, 3.05) is 38.5 Å². The van der Waals surface area contributed by atoms with Crippen molar-refractivity contribution in [2.45, 2.75) is 26.3 Å². The fraction of sp³-hybridized carbons (Fsp3) is 0.643. The lowest BCUT2D eigenvalue weighted by molar-refractivity contribution is 0.0306. The fourth-order valence-corrected chi connectivity index (χ4v) is 2.30. The van der Waals surface area contributed by atoms with Gasteiger partial charge in [0, 0.05) is 31.7 Å². The van der Waals surface area contributed by atoms with Crippen LogP contribution in [0.5, 0.6) is 0 Å². The molecule has 1 N–H and O–H groups in total. The molecule has 6 nitrogen and oxygen atoms in total. The third-order valence-electron chi connectivity index (χ3n) is 3.85. The summed E-state index contributed by atoms with van der Waals surface area (Å²) in [5, 5.41) is 11.1. The van der Waals surface area contributed by atoms with Gasteiger partial charge in [0.15, 0.2) is 5.69 Å². The van der Waals surface area contributed by atoms with E-state index < -0.39 is 0 Å². The molecule has 1 aromatic heterocycles. The first-order valence-corrected chi connectivity index (χ1v) is 7.02. The monoisotopic (exact) mass is 277 g/mol. The number of hydrogen-bond donors (Lipinski definition) is 1. The quantitative estimate of drug-likeness (QED) is 0.895.